The fraction of sp³-hybridized carbons (Fsp3) is 0.273. The van der Waals surface area contributed by atoms with Gasteiger partial charge in [-0.05, 0) is 6.92 Å². The van der Waals surface area contributed by atoms with E-state index >= 15 is 0 Å². The van der Waals surface area contributed by atoms with Crippen molar-refractivity contribution in [3.8, 4) is 0 Å². The third-order valence-electron chi connectivity index (χ3n) is 1.78. The van der Waals surface area contributed by atoms with E-state index in [-0.39, 0.29) is 5.91 Å². The third kappa shape index (κ3) is 4.26. The van der Waals surface area contributed by atoms with Crippen LogP contribution in [0, 0.1) is 0 Å². The minimum atomic E-state index is -0.100. The molecule has 0 aliphatic carbocycles. The van der Waals surface area contributed by atoms with Gasteiger partial charge in [-0.3, -0.25) is 9.48 Å². The van der Waals surface area contributed by atoms with Gasteiger partial charge < -0.3 is 5.32 Å². The van der Waals surface area contributed by atoms with E-state index in [4.69, 9.17) is 0 Å². The Kier molecular flexibility index (Phi) is 4.34. The van der Waals surface area contributed by atoms with Gasteiger partial charge in [0, 0.05) is 31.4 Å². The van der Waals surface area contributed by atoms with Crippen molar-refractivity contribution in [2.75, 3.05) is 0 Å². The minimum Gasteiger partial charge on any atom is -0.348 e. The Balaban J connectivity index is 2.34. The van der Waals surface area contributed by atoms with Crippen molar-refractivity contribution in [3.05, 3.63) is 42.3 Å². The van der Waals surface area contributed by atoms with Crippen molar-refractivity contribution in [3.63, 3.8) is 0 Å². The molecule has 0 aliphatic heterocycles. The Labute approximate surface area is 89.3 Å². The molecular formula is C11H15N3O. The van der Waals surface area contributed by atoms with Crippen molar-refractivity contribution in [2.24, 2.45) is 7.05 Å². The van der Waals surface area contributed by atoms with Crippen LogP contribution < -0.4 is 5.32 Å². The molecule has 0 spiro atoms. The number of allylic oxidation sites excluding steroid dienone is 3. The molecule has 0 bridgehead atoms. The third-order valence-corrected chi connectivity index (χ3v) is 1.78. The monoisotopic (exact) mass is 205 g/mol. The Morgan fingerprint density at radius 2 is 2.40 bits per heavy atom. The van der Waals surface area contributed by atoms with Crippen molar-refractivity contribution < 1.29 is 4.79 Å². The van der Waals surface area contributed by atoms with Crippen LogP contribution in [0.4, 0.5) is 0 Å². The maximum absolute atomic E-state index is 11.2. The van der Waals surface area contributed by atoms with Gasteiger partial charge in [0.15, 0.2) is 0 Å². The van der Waals surface area contributed by atoms with Crippen LogP contribution in [-0.4, -0.2) is 15.7 Å². The lowest BCUT2D eigenvalue weighted by Gasteiger charge is -1.97. The lowest BCUT2D eigenvalue weighted by atomic mass is 10.3. The number of nitrogens with zero attached hydrogens (tertiary/aromatic N) is 2. The number of amides is 1. The number of carbonyl (C=O) groups is 1. The van der Waals surface area contributed by atoms with Crippen LogP contribution in [0.5, 0.6) is 0 Å². The van der Waals surface area contributed by atoms with Crippen LogP contribution in [0.2, 0.25) is 0 Å². The highest BCUT2D eigenvalue weighted by Crippen LogP contribution is 1.94. The number of aryl methyl sites for hydroxylation is 1. The van der Waals surface area contributed by atoms with Crippen molar-refractivity contribution >= 4 is 5.91 Å². The van der Waals surface area contributed by atoms with Gasteiger partial charge in [0.25, 0.3) is 0 Å². The minimum absolute atomic E-state index is 0.100. The lowest BCUT2D eigenvalue weighted by molar-refractivity contribution is -0.116. The number of carbonyl (C=O) groups excluding carboxylic acids is 1. The summed E-state index contributed by atoms with van der Waals surface area (Å²) in [5.41, 5.74) is 0.991. The van der Waals surface area contributed by atoms with Gasteiger partial charge in [-0.2, -0.15) is 5.10 Å². The molecule has 4 heteroatoms. The SMILES string of the molecule is C/C=C/C=C/C(=O)NCc1cnn(C)c1. The number of rotatable bonds is 4. The summed E-state index contributed by atoms with van der Waals surface area (Å²) in [4.78, 5) is 11.2. The van der Waals surface area contributed by atoms with Crippen LogP contribution >= 0.6 is 0 Å². The predicted molar refractivity (Wildman–Crippen MR) is 59.0 cm³/mol. The summed E-state index contributed by atoms with van der Waals surface area (Å²) in [5, 5.41) is 6.76. The first-order chi connectivity index (χ1) is 7.22. The zero-order chi connectivity index (χ0) is 11.1. The van der Waals surface area contributed by atoms with E-state index in [9.17, 15) is 4.79 Å². The molecule has 1 rings (SSSR count). The first kappa shape index (κ1) is 11.2. The molecule has 1 heterocycles. The molecular weight excluding hydrogens is 190 g/mol. The lowest BCUT2D eigenvalue weighted by Crippen LogP contribution is -2.19. The number of hydrogen-bond acceptors (Lipinski definition) is 2. The van der Waals surface area contributed by atoms with Gasteiger partial charge in [0.05, 0.1) is 6.20 Å². The molecule has 0 fully saturated rings. The second-order valence-electron chi connectivity index (χ2n) is 3.12. The van der Waals surface area contributed by atoms with E-state index in [1.54, 1.807) is 17.0 Å². The summed E-state index contributed by atoms with van der Waals surface area (Å²) in [6, 6.07) is 0. The van der Waals surface area contributed by atoms with Crippen LogP contribution in [0.3, 0.4) is 0 Å². The van der Waals surface area contributed by atoms with Gasteiger partial charge in [0.1, 0.15) is 0 Å². The standard InChI is InChI=1S/C11H15N3O/c1-3-4-5-6-11(15)12-7-10-8-13-14(2)9-10/h3-6,8-9H,7H2,1-2H3,(H,12,15)/b4-3+,6-5+. The summed E-state index contributed by atoms with van der Waals surface area (Å²) in [6.45, 7) is 2.41. The molecule has 0 saturated heterocycles. The van der Waals surface area contributed by atoms with E-state index < -0.39 is 0 Å². The molecule has 15 heavy (non-hydrogen) atoms. The second-order valence-corrected chi connectivity index (χ2v) is 3.12. The Hall–Kier alpha value is -1.84. The number of nitrogens with one attached hydrogen (secondary N) is 1. The average Bonchev–Trinajstić information content (AvgIpc) is 2.62. The first-order valence-corrected chi connectivity index (χ1v) is 4.77. The smallest absolute Gasteiger partial charge is 0.244 e. The highest BCUT2D eigenvalue weighted by Gasteiger charge is 1.97. The van der Waals surface area contributed by atoms with Crippen LogP contribution in [-0.2, 0) is 18.4 Å². The topological polar surface area (TPSA) is 46.9 Å². The predicted octanol–water partition coefficient (Wildman–Crippen LogP) is 1.17. The molecule has 0 saturated carbocycles. The quantitative estimate of drug-likeness (QED) is 0.592. The normalized spacial score (nSPS) is 11.3. The number of aromatic nitrogens is 2. The highest BCUT2D eigenvalue weighted by atomic mass is 16.1. The largest absolute Gasteiger partial charge is 0.348 e. The van der Waals surface area contributed by atoms with Crippen molar-refractivity contribution in [2.45, 2.75) is 13.5 Å². The molecule has 0 aromatic carbocycles. The second kappa shape index (κ2) is 5.80. The fourth-order valence-corrected chi connectivity index (χ4v) is 1.07. The van der Waals surface area contributed by atoms with E-state index in [1.807, 2.05) is 32.3 Å². The molecule has 4 nitrogen and oxygen atoms in total. The molecule has 80 valence electrons. The summed E-state index contributed by atoms with van der Waals surface area (Å²) in [6.07, 6.45) is 10.5. The molecule has 0 unspecified atom stereocenters. The summed E-state index contributed by atoms with van der Waals surface area (Å²) in [5.74, 6) is -0.100. The first-order valence-electron chi connectivity index (χ1n) is 4.77. The molecule has 1 aromatic rings. The maximum atomic E-state index is 11.2. The van der Waals surface area contributed by atoms with E-state index in [0.29, 0.717) is 6.54 Å². The molecule has 1 aromatic heterocycles. The zero-order valence-corrected chi connectivity index (χ0v) is 8.97. The van der Waals surface area contributed by atoms with Crippen molar-refractivity contribution in [1.29, 1.82) is 0 Å². The van der Waals surface area contributed by atoms with Gasteiger partial charge in [0.2, 0.25) is 5.91 Å². The Morgan fingerprint density at radius 1 is 1.60 bits per heavy atom. The zero-order valence-electron chi connectivity index (χ0n) is 8.97. The van der Waals surface area contributed by atoms with Gasteiger partial charge >= 0.3 is 0 Å². The molecule has 0 radical (unpaired) electrons. The van der Waals surface area contributed by atoms with E-state index in [2.05, 4.69) is 10.4 Å². The molecule has 0 atom stereocenters. The molecule has 0 aliphatic rings. The Bertz CT molecular complexity index is 377. The van der Waals surface area contributed by atoms with Gasteiger partial charge in [-0.25, -0.2) is 0 Å². The Morgan fingerprint density at radius 3 is 3.00 bits per heavy atom. The van der Waals surface area contributed by atoms with Crippen LogP contribution in [0.25, 0.3) is 0 Å². The van der Waals surface area contributed by atoms with Gasteiger partial charge in [-0.1, -0.05) is 18.2 Å². The van der Waals surface area contributed by atoms with Crippen molar-refractivity contribution in [1.82, 2.24) is 15.1 Å². The van der Waals surface area contributed by atoms with Gasteiger partial charge in [-0.15, -0.1) is 0 Å². The van der Waals surface area contributed by atoms with E-state index in [0.717, 1.165) is 5.56 Å². The number of hydrogen-bond donors (Lipinski definition) is 1. The average molecular weight is 205 g/mol. The maximum Gasteiger partial charge on any atom is 0.244 e. The molecule has 1 N–H and O–H groups in total. The van der Waals surface area contributed by atoms with E-state index in [1.165, 1.54) is 6.08 Å². The van der Waals surface area contributed by atoms with Crippen LogP contribution in [0.15, 0.2) is 36.7 Å². The molecule has 1 amide bonds. The highest BCUT2D eigenvalue weighted by molar-refractivity contribution is 5.87. The summed E-state index contributed by atoms with van der Waals surface area (Å²) in [7, 11) is 1.84. The van der Waals surface area contributed by atoms with Crippen LogP contribution in [0.1, 0.15) is 12.5 Å². The summed E-state index contributed by atoms with van der Waals surface area (Å²) < 4.78 is 1.71. The fourth-order valence-electron chi connectivity index (χ4n) is 1.07. The summed E-state index contributed by atoms with van der Waals surface area (Å²) >= 11 is 0.